The summed E-state index contributed by atoms with van der Waals surface area (Å²) in [7, 11) is -5.69. The lowest BCUT2D eigenvalue weighted by Gasteiger charge is -2.34. The summed E-state index contributed by atoms with van der Waals surface area (Å²) in [5.74, 6) is -0.283. The van der Waals surface area contributed by atoms with Gasteiger partial charge >= 0.3 is 21.7 Å². The van der Waals surface area contributed by atoms with Crippen LogP contribution in [0.1, 0.15) is 40.0 Å². The first-order valence-electron chi connectivity index (χ1n) is 7.03. The largest absolute Gasteiger partial charge is 0.534 e. The lowest BCUT2D eigenvalue weighted by atomic mass is 10.1. The van der Waals surface area contributed by atoms with Crippen LogP contribution in [0.3, 0.4) is 0 Å². The fourth-order valence-electron chi connectivity index (χ4n) is 2.64. The van der Waals surface area contributed by atoms with Gasteiger partial charge in [-0.1, -0.05) is 0 Å². The molecule has 0 N–H and O–H groups in total. The van der Waals surface area contributed by atoms with Crippen LogP contribution < -0.4 is 0 Å². The molecule has 132 valence electrons. The van der Waals surface area contributed by atoms with Gasteiger partial charge in [-0.05, 0) is 39.7 Å². The highest BCUT2D eigenvalue weighted by atomic mass is 32.2. The third-order valence-corrected chi connectivity index (χ3v) is 4.47. The van der Waals surface area contributed by atoms with E-state index in [-0.39, 0.29) is 12.2 Å². The lowest BCUT2D eigenvalue weighted by Crippen LogP contribution is -2.46. The molecule has 2 rings (SSSR count). The SMILES string of the molecule is CC(C)(C)OC(=O)N1[C@H]2CC[C@H]1C=C(OS(=O)(=O)C(F)(F)F)C2. The Hall–Kier alpha value is -1.45. The molecular formula is C13H18F3NO5S. The minimum atomic E-state index is -5.69. The average molecular weight is 357 g/mol. The van der Waals surface area contributed by atoms with Gasteiger partial charge in [-0.15, -0.1) is 0 Å². The lowest BCUT2D eigenvalue weighted by molar-refractivity contribution is -0.0528. The standard InChI is InChI=1S/C13H18F3NO5S/c1-12(2,3)21-11(18)17-8-4-5-9(17)7-10(6-8)22-23(19,20)13(14,15)16/h6,8-9H,4-5,7H2,1-3H3/t8-,9-/m0/s1. The average Bonchev–Trinajstić information content (AvgIpc) is 2.57. The maximum absolute atomic E-state index is 12.4. The van der Waals surface area contributed by atoms with E-state index < -0.39 is 39.4 Å². The van der Waals surface area contributed by atoms with Crippen LogP contribution in [-0.2, 0) is 19.0 Å². The molecule has 2 atom stereocenters. The van der Waals surface area contributed by atoms with E-state index in [0.29, 0.717) is 12.8 Å². The van der Waals surface area contributed by atoms with E-state index in [9.17, 15) is 26.4 Å². The van der Waals surface area contributed by atoms with Gasteiger partial charge in [0.1, 0.15) is 11.4 Å². The summed E-state index contributed by atoms with van der Waals surface area (Å²) < 4.78 is 68.7. The fourth-order valence-corrected chi connectivity index (χ4v) is 3.14. The van der Waals surface area contributed by atoms with Crippen molar-refractivity contribution in [2.75, 3.05) is 0 Å². The molecule has 0 unspecified atom stereocenters. The molecule has 2 aliphatic heterocycles. The van der Waals surface area contributed by atoms with Crippen molar-refractivity contribution in [1.82, 2.24) is 4.90 Å². The van der Waals surface area contributed by atoms with Crippen LogP contribution >= 0.6 is 0 Å². The highest BCUT2D eigenvalue weighted by molar-refractivity contribution is 7.87. The first-order chi connectivity index (χ1) is 10.3. The summed E-state index contributed by atoms with van der Waals surface area (Å²) in [4.78, 5) is 13.6. The molecule has 6 nitrogen and oxygen atoms in total. The van der Waals surface area contributed by atoms with E-state index in [1.54, 1.807) is 20.8 Å². The number of amides is 1. The molecule has 0 aromatic heterocycles. The highest BCUT2D eigenvalue weighted by Crippen LogP contribution is 2.38. The van der Waals surface area contributed by atoms with Crippen LogP contribution in [-0.4, -0.2) is 42.6 Å². The Morgan fingerprint density at radius 1 is 1.26 bits per heavy atom. The van der Waals surface area contributed by atoms with Crippen LogP contribution in [0.5, 0.6) is 0 Å². The Morgan fingerprint density at radius 3 is 2.35 bits per heavy atom. The van der Waals surface area contributed by atoms with Gasteiger partial charge in [0.25, 0.3) is 0 Å². The van der Waals surface area contributed by atoms with E-state index in [1.807, 2.05) is 0 Å². The normalized spacial score (nSPS) is 25.1. The predicted molar refractivity (Wildman–Crippen MR) is 73.6 cm³/mol. The van der Waals surface area contributed by atoms with Crippen LogP contribution in [0.4, 0.5) is 18.0 Å². The van der Waals surface area contributed by atoms with Crippen LogP contribution in [0, 0.1) is 0 Å². The number of carbonyl (C=O) groups is 1. The van der Waals surface area contributed by atoms with Crippen molar-refractivity contribution < 1.29 is 35.3 Å². The summed E-state index contributed by atoms with van der Waals surface area (Å²) in [5.41, 5.74) is -6.17. The number of fused-ring (bicyclic) bond motifs is 2. The van der Waals surface area contributed by atoms with Crippen molar-refractivity contribution in [3.8, 4) is 0 Å². The Kier molecular flexibility index (Phi) is 4.33. The van der Waals surface area contributed by atoms with E-state index in [4.69, 9.17) is 4.74 Å². The topological polar surface area (TPSA) is 72.9 Å². The van der Waals surface area contributed by atoms with Gasteiger partial charge in [-0.25, -0.2) is 4.79 Å². The Bertz CT molecular complexity index is 621. The number of hydrogen-bond donors (Lipinski definition) is 0. The molecule has 10 heteroatoms. The number of halogens is 3. The summed E-state index contributed by atoms with van der Waals surface area (Å²) in [6.07, 6.45) is 1.64. The quantitative estimate of drug-likeness (QED) is 0.561. The molecule has 0 spiro atoms. The van der Waals surface area contributed by atoms with E-state index in [0.717, 1.165) is 0 Å². The van der Waals surface area contributed by atoms with Crippen molar-refractivity contribution in [2.45, 2.75) is 63.2 Å². The number of alkyl halides is 3. The second kappa shape index (κ2) is 5.57. The molecule has 23 heavy (non-hydrogen) atoms. The maximum atomic E-state index is 12.4. The third kappa shape index (κ3) is 3.91. The highest BCUT2D eigenvalue weighted by Gasteiger charge is 2.50. The third-order valence-electron chi connectivity index (χ3n) is 3.47. The number of nitrogens with zero attached hydrogens (tertiary/aromatic N) is 1. The molecule has 1 saturated heterocycles. The number of hydrogen-bond acceptors (Lipinski definition) is 5. The van der Waals surface area contributed by atoms with Crippen LogP contribution in [0.2, 0.25) is 0 Å². The van der Waals surface area contributed by atoms with Gasteiger partial charge in [0.2, 0.25) is 0 Å². The predicted octanol–water partition coefficient (Wildman–Crippen LogP) is 2.91. The fraction of sp³-hybridized carbons (Fsp3) is 0.769. The van der Waals surface area contributed by atoms with Crippen molar-refractivity contribution in [3.63, 3.8) is 0 Å². The van der Waals surface area contributed by atoms with E-state index in [2.05, 4.69) is 4.18 Å². The summed E-state index contributed by atoms with van der Waals surface area (Å²) >= 11 is 0. The minimum Gasteiger partial charge on any atom is -0.444 e. The van der Waals surface area contributed by atoms with Gasteiger partial charge in [-0.3, -0.25) is 4.90 Å². The summed E-state index contributed by atoms with van der Waals surface area (Å²) in [6, 6.07) is -0.958. The zero-order valence-electron chi connectivity index (χ0n) is 12.9. The second-order valence-electron chi connectivity index (χ2n) is 6.51. The smallest absolute Gasteiger partial charge is 0.444 e. The summed E-state index contributed by atoms with van der Waals surface area (Å²) in [5, 5.41) is 0. The van der Waals surface area contributed by atoms with Crippen molar-refractivity contribution in [2.24, 2.45) is 0 Å². The number of carbonyl (C=O) groups excluding carboxylic acids is 1. The second-order valence-corrected chi connectivity index (χ2v) is 8.04. The Labute approximate surface area is 132 Å². The van der Waals surface area contributed by atoms with Gasteiger partial charge in [-0.2, -0.15) is 21.6 Å². The van der Waals surface area contributed by atoms with E-state index >= 15 is 0 Å². The molecule has 0 aromatic rings. The zero-order chi connectivity index (χ0) is 17.6. The van der Waals surface area contributed by atoms with Gasteiger partial charge < -0.3 is 8.92 Å². The Balaban J connectivity index is 2.14. The first kappa shape index (κ1) is 17.9. The number of ether oxygens (including phenoxy) is 1. The number of rotatable bonds is 2. The zero-order valence-corrected chi connectivity index (χ0v) is 13.7. The summed E-state index contributed by atoms with van der Waals surface area (Å²) in [6.45, 7) is 5.12. The molecule has 1 amide bonds. The van der Waals surface area contributed by atoms with E-state index in [1.165, 1.54) is 11.0 Å². The molecule has 1 fully saturated rings. The molecular weight excluding hydrogens is 339 g/mol. The molecule has 2 aliphatic rings. The Morgan fingerprint density at radius 2 is 1.87 bits per heavy atom. The molecule has 0 radical (unpaired) electrons. The molecule has 2 heterocycles. The maximum Gasteiger partial charge on any atom is 0.534 e. The molecule has 0 saturated carbocycles. The van der Waals surface area contributed by atoms with Gasteiger partial charge in [0.15, 0.2) is 0 Å². The van der Waals surface area contributed by atoms with Crippen LogP contribution in [0.15, 0.2) is 11.8 Å². The van der Waals surface area contributed by atoms with Gasteiger partial charge in [0.05, 0.1) is 6.04 Å². The molecule has 0 aliphatic carbocycles. The van der Waals surface area contributed by atoms with Gasteiger partial charge in [0, 0.05) is 12.5 Å². The molecule has 2 bridgehead atoms. The monoisotopic (exact) mass is 357 g/mol. The first-order valence-corrected chi connectivity index (χ1v) is 8.44. The van der Waals surface area contributed by atoms with Crippen molar-refractivity contribution >= 4 is 16.2 Å². The molecule has 0 aromatic carbocycles. The minimum absolute atomic E-state index is 0.0922. The van der Waals surface area contributed by atoms with Crippen LogP contribution in [0.25, 0.3) is 0 Å². The van der Waals surface area contributed by atoms with Crippen molar-refractivity contribution in [3.05, 3.63) is 11.8 Å². The van der Waals surface area contributed by atoms with Crippen molar-refractivity contribution in [1.29, 1.82) is 0 Å².